The van der Waals surface area contributed by atoms with Crippen LogP contribution in [0.1, 0.15) is 31.2 Å². The Morgan fingerprint density at radius 1 is 1.35 bits per heavy atom. The normalized spacial score (nSPS) is 18.9. The molecule has 1 aliphatic rings. The fourth-order valence-corrected chi connectivity index (χ4v) is 2.88. The number of rotatable bonds is 5. The number of carbonyl (C=O) groups excluding carboxylic acids is 1. The number of Topliss-reactive ketones (excluding diaryl/α,β-unsaturated/α-hetero) is 1. The van der Waals surface area contributed by atoms with Gasteiger partial charge in [0, 0.05) is 31.8 Å². The number of piperidine rings is 1. The number of hydrogen-bond acceptors (Lipinski definition) is 3. The second-order valence-electron chi connectivity index (χ2n) is 5.45. The predicted molar refractivity (Wildman–Crippen MR) is 81.3 cm³/mol. The molecule has 0 spiro atoms. The van der Waals surface area contributed by atoms with E-state index < -0.39 is 0 Å². The Morgan fingerprint density at radius 2 is 1.95 bits per heavy atom. The molecule has 110 valence electrons. The van der Waals surface area contributed by atoms with Gasteiger partial charge in [0.15, 0.2) is 0 Å². The summed E-state index contributed by atoms with van der Waals surface area (Å²) in [7, 11) is 1.77. The van der Waals surface area contributed by atoms with E-state index in [2.05, 4.69) is 4.90 Å². The van der Waals surface area contributed by atoms with Crippen LogP contribution in [0.3, 0.4) is 0 Å². The molecule has 0 bridgehead atoms. The zero-order valence-corrected chi connectivity index (χ0v) is 12.9. The number of benzene rings is 1. The van der Waals surface area contributed by atoms with Crippen LogP contribution in [-0.2, 0) is 9.53 Å². The Morgan fingerprint density at radius 3 is 2.45 bits per heavy atom. The van der Waals surface area contributed by atoms with Crippen LogP contribution < -0.4 is 0 Å². The first-order chi connectivity index (χ1) is 9.60. The van der Waals surface area contributed by atoms with Gasteiger partial charge in [-0.2, -0.15) is 0 Å². The quantitative estimate of drug-likeness (QED) is 0.836. The van der Waals surface area contributed by atoms with E-state index in [1.165, 1.54) is 0 Å². The molecule has 1 fully saturated rings. The smallest absolute Gasteiger partial charge is 0.138 e. The molecule has 20 heavy (non-hydrogen) atoms. The van der Waals surface area contributed by atoms with Crippen LogP contribution in [0, 0.1) is 0 Å². The highest BCUT2D eigenvalue weighted by Crippen LogP contribution is 2.23. The fraction of sp³-hybridized carbons (Fsp3) is 0.562. The summed E-state index contributed by atoms with van der Waals surface area (Å²) in [6, 6.07) is 7.61. The van der Waals surface area contributed by atoms with Gasteiger partial charge in [0.2, 0.25) is 0 Å². The minimum absolute atomic E-state index is 0.0636. The number of nitrogens with zero attached hydrogens (tertiary/aromatic N) is 1. The predicted octanol–water partition coefficient (Wildman–Crippen LogP) is 3.12. The van der Waals surface area contributed by atoms with Crippen LogP contribution in [0.5, 0.6) is 0 Å². The third-order valence-corrected chi connectivity index (χ3v) is 4.32. The molecule has 2 rings (SSSR count). The molecule has 4 heteroatoms. The lowest BCUT2D eigenvalue weighted by molar-refractivity contribution is -0.119. The van der Waals surface area contributed by atoms with Crippen LogP contribution in [-0.4, -0.2) is 43.5 Å². The van der Waals surface area contributed by atoms with Crippen LogP contribution in [0.15, 0.2) is 24.3 Å². The molecule has 0 amide bonds. The number of hydrogen-bond donors (Lipinski definition) is 0. The maximum absolute atomic E-state index is 11.9. The average molecular weight is 296 g/mol. The summed E-state index contributed by atoms with van der Waals surface area (Å²) >= 11 is 5.91. The highest BCUT2D eigenvalue weighted by molar-refractivity contribution is 6.30. The zero-order valence-electron chi connectivity index (χ0n) is 12.1. The van der Waals surface area contributed by atoms with Crippen molar-refractivity contribution >= 4 is 17.4 Å². The number of ketones is 1. The number of halogens is 1. The van der Waals surface area contributed by atoms with Gasteiger partial charge in [-0.25, -0.2) is 0 Å². The van der Waals surface area contributed by atoms with Crippen LogP contribution in [0.25, 0.3) is 0 Å². The SMILES string of the molecule is COC1CCN(C[C@@H](C(C)=O)c2ccc(Cl)cc2)CC1. The Bertz CT molecular complexity index is 438. The van der Waals surface area contributed by atoms with Gasteiger partial charge in [-0.3, -0.25) is 4.79 Å². The maximum atomic E-state index is 11.9. The molecule has 1 heterocycles. The van der Waals surface area contributed by atoms with Crippen molar-refractivity contribution in [2.24, 2.45) is 0 Å². The largest absolute Gasteiger partial charge is 0.381 e. The Kier molecular flexibility index (Phi) is 5.58. The molecular formula is C16H22ClNO2. The Labute approximate surface area is 125 Å². The maximum Gasteiger partial charge on any atom is 0.138 e. The molecule has 1 aromatic carbocycles. The number of likely N-dealkylation sites (tertiary alicyclic amines) is 1. The molecule has 0 aromatic heterocycles. The van der Waals surface area contributed by atoms with Crippen LogP contribution in [0.2, 0.25) is 5.02 Å². The van der Waals surface area contributed by atoms with Crippen molar-refractivity contribution in [3.8, 4) is 0 Å². The summed E-state index contributed by atoms with van der Waals surface area (Å²) in [5, 5.41) is 0.706. The summed E-state index contributed by atoms with van der Waals surface area (Å²) in [5.74, 6) is 0.146. The van der Waals surface area contributed by atoms with Crippen molar-refractivity contribution in [2.75, 3.05) is 26.7 Å². The lowest BCUT2D eigenvalue weighted by Gasteiger charge is -2.33. The van der Waals surface area contributed by atoms with Gasteiger partial charge in [0.25, 0.3) is 0 Å². The molecule has 3 nitrogen and oxygen atoms in total. The first kappa shape index (κ1) is 15.5. The first-order valence-electron chi connectivity index (χ1n) is 7.11. The standard InChI is InChI=1S/C16H22ClNO2/c1-12(19)16(13-3-5-14(17)6-4-13)11-18-9-7-15(20-2)8-10-18/h3-6,15-16H,7-11H2,1-2H3/t16-/m0/s1. The van der Waals surface area contributed by atoms with E-state index in [-0.39, 0.29) is 11.7 Å². The minimum Gasteiger partial charge on any atom is -0.381 e. The van der Waals surface area contributed by atoms with Crippen LogP contribution in [0.4, 0.5) is 0 Å². The molecule has 1 saturated heterocycles. The molecule has 0 saturated carbocycles. The topological polar surface area (TPSA) is 29.5 Å². The first-order valence-corrected chi connectivity index (χ1v) is 7.49. The number of carbonyl (C=O) groups is 1. The molecule has 0 aliphatic carbocycles. The van der Waals surface area contributed by atoms with Crippen molar-refractivity contribution in [2.45, 2.75) is 31.8 Å². The lowest BCUT2D eigenvalue weighted by Crippen LogP contribution is -2.40. The van der Waals surface area contributed by atoms with Gasteiger partial charge >= 0.3 is 0 Å². The molecule has 0 N–H and O–H groups in total. The zero-order chi connectivity index (χ0) is 14.5. The monoisotopic (exact) mass is 295 g/mol. The Balaban J connectivity index is 2.00. The van der Waals surface area contributed by atoms with Crippen molar-refractivity contribution in [3.63, 3.8) is 0 Å². The highest BCUT2D eigenvalue weighted by atomic mass is 35.5. The van der Waals surface area contributed by atoms with Crippen LogP contribution >= 0.6 is 11.6 Å². The molecule has 0 radical (unpaired) electrons. The van der Waals surface area contributed by atoms with Gasteiger partial charge < -0.3 is 9.64 Å². The van der Waals surface area contributed by atoms with Crippen molar-refractivity contribution in [3.05, 3.63) is 34.9 Å². The summed E-state index contributed by atoms with van der Waals surface area (Å²) in [4.78, 5) is 14.3. The minimum atomic E-state index is -0.0636. The van der Waals surface area contributed by atoms with Crippen molar-refractivity contribution in [1.29, 1.82) is 0 Å². The third-order valence-electron chi connectivity index (χ3n) is 4.07. The van der Waals surface area contributed by atoms with Gasteiger partial charge in [-0.15, -0.1) is 0 Å². The van der Waals surface area contributed by atoms with Crippen molar-refractivity contribution in [1.82, 2.24) is 4.90 Å². The molecule has 0 unspecified atom stereocenters. The Hall–Kier alpha value is -0.900. The number of ether oxygens (including phenoxy) is 1. The fourth-order valence-electron chi connectivity index (χ4n) is 2.75. The van der Waals surface area contributed by atoms with E-state index in [0.29, 0.717) is 11.1 Å². The third kappa shape index (κ3) is 4.05. The van der Waals surface area contributed by atoms with Gasteiger partial charge in [0.05, 0.1) is 12.0 Å². The van der Waals surface area contributed by atoms with Gasteiger partial charge in [-0.1, -0.05) is 23.7 Å². The summed E-state index contributed by atoms with van der Waals surface area (Å²) in [6.07, 6.45) is 2.46. The van der Waals surface area contributed by atoms with E-state index in [4.69, 9.17) is 16.3 Å². The number of methoxy groups -OCH3 is 1. The van der Waals surface area contributed by atoms with E-state index in [1.54, 1.807) is 14.0 Å². The van der Waals surface area contributed by atoms with Gasteiger partial charge in [-0.05, 0) is 37.5 Å². The summed E-state index contributed by atoms with van der Waals surface area (Å²) in [5.41, 5.74) is 1.05. The second-order valence-corrected chi connectivity index (χ2v) is 5.89. The lowest BCUT2D eigenvalue weighted by atomic mass is 9.94. The van der Waals surface area contributed by atoms with E-state index in [0.717, 1.165) is 38.0 Å². The van der Waals surface area contributed by atoms with E-state index in [1.807, 2.05) is 24.3 Å². The molecule has 1 atom stereocenters. The van der Waals surface area contributed by atoms with Crippen molar-refractivity contribution < 1.29 is 9.53 Å². The molecule has 1 aromatic rings. The second kappa shape index (κ2) is 7.21. The highest BCUT2D eigenvalue weighted by Gasteiger charge is 2.24. The van der Waals surface area contributed by atoms with E-state index >= 15 is 0 Å². The average Bonchev–Trinajstić information content (AvgIpc) is 2.46. The summed E-state index contributed by atoms with van der Waals surface area (Å²) in [6.45, 7) is 4.44. The molecule has 1 aliphatic heterocycles. The summed E-state index contributed by atoms with van der Waals surface area (Å²) < 4.78 is 5.38. The van der Waals surface area contributed by atoms with E-state index in [9.17, 15) is 4.79 Å². The molecular weight excluding hydrogens is 274 g/mol. The van der Waals surface area contributed by atoms with Gasteiger partial charge in [0.1, 0.15) is 5.78 Å².